The molecule has 0 radical (unpaired) electrons. The quantitative estimate of drug-likeness (QED) is 0.553. The highest BCUT2D eigenvalue weighted by molar-refractivity contribution is 5.93. The summed E-state index contributed by atoms with van der Waals surface area (Å²) in [4.78, 5) is 36.7. The van der Waals surface area contributed by atoms with Gasteiger partial charge in [0.25, 0.3) is 11.8 Å². The fourth-order valence-corrected chi connectivity index (χ4v) is 3.43. The second-order valence-corrected chi connectivity index (χ2v) is 7.61. The van der Waals surface area contributed by atoms with Gasteiger partial charge in [-0.2, -0.15) is 5.10 Å². The topological polar surface area (TPSA) is 129 Å². The summed E-state index contributed by atoms with van der Waals surface area (Å²) < 4.78 is 12.0. The molecule has 11 heteroatoms. The average molecular weight is 451 g/mol. The number of piperazine rings is 1. The Bertz CT molecular complexity index is 1120. The maximum Gasteiger partial charge on any atom is 0.274 e. The highest BCUT2D eigenvalue weighted by atomic mass is 16.5. The van der Waals surface area contributed by atoms with Crippen molar-refractivity contribution in [2.45, 2.75) is 0 Å². The fraction of sp³-hybridized carbons (Fsp3) is 0.318. The first-order chi connectivity index (χ1) is 15.9. The smallest absolute Gasteiger partial charge is 0.274 e. The molecule has 2 N–H and O–H groups in total. The molecule has 0 spiro atoms. The van der Waals surface area contributed by atoms with Gasteiger partial charge in [-0.25, -0.2) is 9.67 Å². The maximum atomic E-state index is 13.1. The molecule has 1 fully saturated rings. The highest BCUT2D eigenvalue weighted by Crippen LogP contribution is 2.25. The van der Waals surface area contributed by atoms with E-state index in [4.69, 9.17) is 15.2 Å². The molecule has 1 aliphatic rings. The van der Waals surface area contributed by atoms with Gasteiger partial charge in [-0.15, -0.1) is 0 Å². The number of aromatic nitrogens is 4. The van der Waals surface area contributed by atoms with E-state index in [1.807, 2.05) is 7.05 Å². The van der Waals surface area contributed by atoms with Crippen LogP contribution in [0.1, 0.15) is 10.5 Å². The van der Waals surface area contributed by atoms with Crippen molar-refractivity contribution in [1.82, 2.24) is 29.5 Å². The van der Waals surface area contributed by atoms with Gasteiger partial charge in [0.05, 0.1) is 36.6 Å². The third-order valence-electron chi connectivity index (χ3n) is 5.27. The summed E-state index contributed by atoms with van der Waals surface area (Å²) in [5, 5.41) is 4.59. The molecule has 0 unspecified atom stereocenters. The maximum absolute atomic E-state index is 13.1. The molecular weight excluding hydrogens is 426 g/mol. The van der Waals surface area contributed by atoms with E-state index in [1.165, 1.54) is 6.20 Å². The Kier molecular flexibility index (Phi) is 6.50. The van der Waals surface area contributed by atoms with Crippen LogP contribution in [0.4, 0.5) is 0 Å². The number of hydrogen-bond donors (Lipinski definition) is 1. The number of likely N-dealkylation sites (N-methyl/N-ethyl adjacent to an activating group) is 1. The summed E-state index contributed by atoms with van der Waals surface area (Å²) in [6, 6.07) is 8.65. The van der Waals surface area contributed by atoms with Crippen molar-refractivity contribution in [3.8, 4) is 28.7 Å². The van der Waals surface area contributed by atoms with Gasteiger partial charge < -0.3 is 25.0 Å². The van der Waals surface area contributed by atoms with Gasteiger partial charge in [0, 0.05) is 32.2 Å². The van der Waals surface area contributed by atoms with E-state index in [9.17, 15) is 9.59 Å². The Morgan fingerprint density at radius 1 is 1.06 bits per heavy atom. The lowest BCUT2D eigenvalue weighted by Crippen LogP contribution is -2.47. The Morgan fingerprint density at radius 2 is 1.85 bits per heavy atom. The third kappa shape index (κ3) is 5.09. The summed E-state index contributed by atoms with van der Waals surface area (Å²) >= 11 is 0. The van der Waals surface area contributed by atoms with E-state index in [-0.39, 0.29) is 12.5 Å². The minimum absolute atomic E-state index is 0.133. The van der Waals surface area contributed by atoms with Crippen molar-refractivity contribution < 1.29 is 19.1 Å². The summed E-state index contributed by atoms with van der Waals surface area (Å²) in [7, 11) is 3.58. The number of amides is 2. The van der Waals surface area contributed by atoms with Gasteiger partial charge in [-0.1, -0.05) is 0 Å². The summed E-state index contributed by atoms with van der Waals surface area (Å²) in [6.45, 7) is 2.68. The molecule has 3 aromatic heterocycles. The van der Waals surface area contributed by atoms with Crippen LogP contribution < -0.4 is 15.2 Å². The van der Waals surface area contributed by atoms with E-state index in [0.717, 1.165) is 13.1 Å². The predicted octanol–water partition coefficient (Wildman–Crippen LogP) is 0.590. The van der Waals surface area contributed by atoms with Gasteiger partial charge in [-0.3, -0.25) is 14.6 Å². The highest BCUT2D eigenvalue weighted by Gasteiger charge is 2.25. The number of nitrogens with two attached hydrogens (primary N) is 1. The van der Waals surface area contributed by atoms with Crippen LogP contribution in [0.25, 0.3) is 17.1 Å². The molecule has 33 heavy (non-hydrogen) atoms. The monoisotopic (exact) mass is 451 g/mol. The van der Waals surface area contributed by atoms with Crippen molar-refractivity contribution in [2.75, 3.05) is 46.9 Å². The lowest BCUT2D eigenvalue weighted by Gasteiger charge is -2.31. The molecule has 1 saturated heterocycles. The fourth-order valence-electron chi connectivity index (χ4n) is 3.43. The number of carbonyl (C=O) groups is 2. The second kappa shape index (κ2) is 9.65. The molecule has 4 heterocycles. The zero-order valence-electron chi connectivity index (χ0n) is 18.5. The third-order valence-corrected chi connectivity index (χ3v) is 5.27. The van der Waals surface area contributed by atoms with Crippen LogP contribution in [0.5, 0.6) is 11.6 Å². The number of nitrogens with zero attached hydrogens (tertiary/aromatic N) is 6. The van der Waals surface area contributed by atoms with Crippen LogP contribution in [-0.2, 0) is 4.79 Å². The molecule has 0 atom stereocenters. The number of methoxy groups -OCH3 is 1. The molecule has 2 amide bonds. The van der Waals surface area contributed by atoms with E-state index in [2.05, 4.69) is 20.0 Å². The van der Waals surface area contributed by atoms with E-state index in [0.29, 0.717) is 47.5 Å². The normalized spacial score (nSPS) is 14.2. The predicted molar refractivity (Wildman–Crippen MR) is 119 cm³/mol. The minimum Gasteiger partial charge on any atom is -0.482 e. The molecule has 11 nitrogen and oxygen atoms in total. The van der Waals surface area contributed by atoms with Crippen LogP contribution in [0.3, 0.4) is 0 Å². The van der Waals surface area contributed by atoms with E-state index in [1.54, 1.807) is 53.2 Å². The molecule has 1 aliphatic heterocycles. The van der Waals surface area contributed by atoms with Gasteiger partial charge in [-0.05, 0) is 31.3 Å². The van der Waals surface area contributed by atoms with Gasteiger partial charge in [0.2, 0.25) is 5.88 Å². The molecule has 0 aromatic carbocycles. The van der Waals surface area contributed by atoms with Gasteiger partial charge in [0.15, 0.2) is 12.3 Å². The number of rotatable bonds is 7. The minimum atomic E-state index is -0.573. The first-order valence-corrected chi connectivity index (χ1v) is 10.4. The van der Waals surface area contributed by atoms with Gasteiger partial charge in [0.1, 0.15) is 5.75 Å². The van der Waals surface area contributed by atoms with Crippen molar-refractivity contribution in [1.29, 1.82) is 0 Å². The first kappa shape index (κ1) is 22.2. The van der Waals surface area contributed by atoms with Crippen molar-refractivity contribution in [3.05, 3.63) is 48.4 Å². The summed E-state index contributed by atoms with van der Waals surface area (Å²) in [6.07, 6.45) is 3.10. The number of ether oxygens (including phenoxy) is 2. The van der Waals surface area contributed by atoms with Crippen molar-refractivity contribution in [2.24, 2.45) is 5.73 Å². The van der Waals surface area contributed by atoms with Crippen molar-refractivity contribution in [3.63, 3.8) is 0 Å². The molecular formula is C22H25N7O4. The van der Waals surface area contributed by atoms with Crippen LogP contribution in [-0.4, -0.2) is 88.3 Å². The lowest BCUT2D eigenvalue weighted by atomic mass is 10.2. The van der Waals surface area contributed by atoms with E-state index < -0.39 is 5.91 Å². The number of primary amides is 1. The zero-order valence-corrected chi connectivity index (χ0v) is 18.5. The van der Waals surface area contributed by atoms with Crippen molar-refractivity contribution >= 4 is 11.8 Å². The average Bonchev–Trinajstić information content (AvgIpc) is 3.28. The van der Waals surface area contributed by atoms with Crippen LogP contribution in [0.15, 0.2) is 42.7 Å². The zero-order chi connectivity index (χ0) is 23.4. The first-order valence-electron chi connectivity index (χ1n) is 10.4. The molecule has 0 bridgehead atoms. The summed E-state index contributed by atoms with van der Waals surface area (Å²) in [5.74, 6) is 0.168. The molecule has 4 rings (SSSR count). The lowest BCUT2D eigenvalue weighted by molar-refractivity contribution is -0.119. The molecule has 0 saturated carbocycles. The Balaban J connectivity index is 1.68. The standard InChI is InChI=1S/C22H25N7O4/c1-27-7-9-28(10-8-27)22(31)18-11-19(17-5-4-16(13-24-17)33-14-20(23)30)29(26-18)15-3-6-21(32-2)25-12-15/h3-6,11-13H,7-10,14H2,1-2H3,(H2,23,30). The van der Waals surface area contributed by atoms with Crippen LogP contribution in [0.2, 0.25) is 0 Å². The van der Waals surface area contributed by atoms with Gasteiger partial charge >= 0.3 is 0 Å². The molecule has 3 aromatic rings. The number of pyridine rings is 2. The molecule has 0 aliphatic carbocycles. The second-order valence-electron chi connectivity index (χ2n) is 7.61. The Morgan fingerprint density at radius 3 is 2.45 bits per heavy atom. The summed E-state index contributed by atoms with van der Waals surface area (Å²) in [5.41, 5.74) is 7.27. The largest absolute Gasteiger partial charge is 0.482 e. The Labute approximate surface area is 190 Å². The number of carbonyl (C=O) groups excluding carboxylic acids is 2. The molecule has 172 valence electrons. The van der Waals surface area contributed by atoms with Crippen LogP contribution >= 0.6 is 0 Å². The SMILES string of the molecule is COc1ccc(-n2nc(C(=O)N3CCN(C)CC3)cc2-c2ccc(OCC(N)=O)cn2)cn1. The Hall–Kier alpha value is -3.99. The van der Waals surface area contributed by atoms with Crippen LogP contribution in [0, 0.1) is 0 Å². The van der Waals surface area contributed by atoms with E-state index >= 15 is 0 Å². The number of hydrogen-bond acceptors (Lipinski definition) is 8.